The summed E-state index contributed by atoms with van der Waals surface area (Å²) in [7, 11) is -3.77. The summed E-state index contributed by atoms with van der Waals surface area (Å²) in [5.41, 5.74) is 0.698. The Kier molecular flexibility index (Phi) is 7.07. The molecule has 1 heterocycles. The monoisotopic (exact) mass is 462 g/mol. The number of aryl methyl sites for hydroxylation is 1. The number of nitrogens with one attached hydrogen (secondary N) is 2. The molecule has 0 atom stereocenters. The molecule has 2 aromatic carbocycles. The number of hydrogen-bond acceptors (Lipinski definition) is 4. The minimum absolute atomic E-state index is 0.0362. The molecule has 0 spiro atoms. The number of hydrogen-bond donors (Lipinski definition) is 2. The zero-order valence-electron chi connectivity index (χ0n) is 19.0. The number of ether oxygens (including phenoxy) is 1. The highest BCUT2D eigenvalue weighted by Crippen LogP contribution is 2.34. The van der Waals surface area contributed by atoms with Crippen LogP contribution in [-0.4, -0.2) is 39.6 Å². The van der Waals surface area contributed by atoms with E-state index in [1.807, 2.05) is 6.07 Å². The minimum atomic E-state index is -3.77. The van der Waals surface area contributed by atoms with Crippen molar-refractivity contribution in [1.29, 1.82) is 0 Å². The lowest BCUT2D eigenvalue weighted by Crippen LogP contribution is -2.44. The number of carbonyl (C=O) groups is 1. The van der Waals surface area contributed by atoms with Crippen LogP contribution in [0, 0.1) is 12.7 Å². The second kappa shape index (κ2) is 9.29. The molecular weight excluding hydrogens is 431 g/mol. The van der Waals surface area contributed by atoms with Crippen LogP contribution in [0.4, 0.5) is 4.39 Å². The number of amides is 1. The molecule has 1 fully saturated rings. The summed E-state index contributed by atoms with van der Waals surface area (Å²) >= 11 is 0. The predicted octanol–water partition coefficient (Wildman–Crippen LogP) is 3.69. The van der Waals surface area contributed by atoms with E-state index in [2.05, 4.69) is 10.0 Å². The molecule has 0 unspecified atom stereocenters. The van der Waals surface area contributed by atoms with Crippen molar-refractivity contribution in [3.8, 4) is 0 Å². The fourth-order valence-corrected chi connectivity index (χ4v) is 5.41. The molecule has 2 N–H and O–H groups in total. The maximum Gasteiger partial charge on any atom is 0.251 e. The largest absolute Gasteiger partial charge is 0.381 e. The van der Waals surface area contributed by atoms with Gasteiger partial charge in [0.2, 0.25) is 10.0 Å². The average Bonchev–Trinajstić information content (AvgIpc) is 2.71. The molecule has 0 aromatic heterocycles. The van der Waals surface area contributed by atoms with Crippen molar-refractivity contribution in [3.05, 3.63) is 65.0 Å². The van der Waals surface area contributed by atoms with Crippen LogP contribution in [-0.2, 0) is 20.2 Å². The summed E-state index contributed by atoms with van der Waals surface area (Å²) in [6, 6.07) is 11.0. The van der Waals surface area contributed by atoms with Gasteiger partial charge < -0.3 is 10.1 Å². The van der Waals surface area contributed by atoms with Gasteiger partial charge in [-0.3, -0.25) is 4.79 Å². The lowest BCUT2D eigenvalue weighted by atomic mass is 9.74. The highest BCUT2D eigenvalue weighted by Gasteiger charge is 2.35. The van der Waals surface area contributed by atoms with Gasteiger partial charge in [-0.2, -0.15) is 0 Å². The summed E-state index contributed by atoms with van der Waals surface area (Å²) in [5.74, 6) is -0.683. The third-order valence-corrected chi connectivity index (χ3v) is 7.43. The van der Waals surface area contributed by atoms with E-state index in [0.29, 0.717) is 43.7 Å². The fourth-order valence-electron chi connectivity index (χ4n) is 3.97. The lowest BCUT2D eigenvalue weighted by Gasteiger charge is -2.38. The van der Waals surface area contributed by atoms with Gasteiger partial charge >= 0.3 is 0 Å². The Hall–Kier alpha value is -2.29. The molecule has 1 saturated heterocycles. The summed E-state index contributed by atoms with van der Waals surface area (Å²) in [5, 5.41) is 2.96. The molecule has 1 amide bonds. The lowest BCUT2D eigenvalue weighted by molar-refractivity contribution is 0.0486. The zero-order chi connectivity index (χ0) is 23.6. The molecule has 3 rings (SSSR count). The molecule has 2 aromatic rings. The normalized spacial score (nSPS) is 16.5. The Balaban J connectivity index is 1.85. The van der Waals surface area contributed by atoms with E-state index in [-0.39, 0.29) is 16.6 Å². The van der Waals surface area contributed by atoms with Gasteiger partial charge in [0, 0.05) is 36.3 Å². The Morgan fingerprint density at radius 3 is 2.44 bits per heavy atom. The van der Waals surface area contributed by atoms with Crippen LogP contribution in [0.1, 0.15) is 55.1 Å². The first-order chi connectivity index (χ1) is 14.9. The van der Waals surface area contributed by atoms with Crippen molar-refractivity contribution in [2.24, 2.45) is 0 Å². The first-order valence-corrected chi connectivity index (χ1v) is 12.2. The van der Waals surface area contributed by atoms with Crippen molar-refractivity contribution < 1.29 is 22.3 Å². The summed E-state index contributed by atoms with van der Waals surface area (Å²) < 4.78 is 47.4. The van der Waals surface area contributed by atoms with E-state index in [1.165, 1.54) is 24.3 Å². The molecule has 6 nitrogen and oxygen atoms in total. The maximum absolute atomic E-state index is 13.9. The van der Waals surface area contributed by atoms with Gasteiger partial charge in [-0.25, -0.2) is 17.5 Å². The van der Waals surface area contributed by atoms with E-state index in [1.54, 1.807) is 39.8 Å². The molecule has 0 saturated carbocycles. The highest BCUT2D eigenvalue weighted by atomic mass is 32.2. The van der Waals surface area contributed by atoms with Crippen LogP contribution in [0.2, 0.25) is 0 Å². The van der Waals surface area contributed by atoms with Crippen molar-refractivity contribution in [3.63, 3.8) is 0 Å². The fraction of sp³-hybridized carbons (Fsp3) is 0.458. The number of benzene rings is 2. The van der Waals surface area contributed by atoms with Crippen molar-refractivity contribution in [2.75, 3.05) is 19.8 Å². The Morgan fingerprint density at radius 2 is 1.81 bits per heavy atom. The minimum Gasteiger partial charge on any atom is -0.381 e. The van der Waals surface area contributed by atoms with Crippen molar-refractivity contribution >= 4 is 15.9 Å². The van der Waals surface area contributed by atoms with Crippen LogP contribution in [0.5, 0.6) is 0 Å². The van der Waals surface area contributed by atoms with Crippen LogP contribution >= 0.6 is 0 Å². The molecule has 0 aliphatic carbocycles. The van der Waals surface area contributed by atoms with E-state index in [4.69, 9.17) is 4.74 Å². The van der Waals surface area contributed by atoms with E-state index in [0.717, 1.165) is 5.56 Å². The summed E-state index contributed by atoms with van der Waals surface area (Å²) in [6.07, 6.45) is 1.30. The smallest absolute Gasteiger partial charge is 0.251 e. The van der Waals surface area contributed by atoms with Crippen LogP contribution in [0.3, 0.4) is 0 Å². The van der Waals surface area contributed by atoms with E-state index >= 15 is 0 Å². The van der Waals surface area contributed by atoms with Gasteiger partial charge in [-0.1, -0.05) is 18.2 Å². The molecule has 32 heavy (non-hydrogen) atoms. The van der Waals surface area contributed by atoms with Gasteiger partial charge in [0.05, 0.1) is 4.90 Å². The Morgan fingerprint density at radius 1 is 1.12 bits per heavy atom. The molecule has 8 heteroatoms. The van der Waals surface area contributed by atoms with Gasteiger partial charge in [-0.15, -0.1) is 0 Å². The van der Waals surface area contributed by atoms with Gasteiger partial charge in [0.25, 0.3) is 5.91 Å². The molecule has 0 bridgehead atoms. The second-order valence-corrected chi connectivity index (χ2v) is 11.1. The van der Waals surface area contributed by atoms with Gasteiger partial charge in [-0.05, 0) is 75.9 Å². The Bertz CT molecular complexity index is 1090. The van der Waals surface area contributed by atoms with Crippen molar-refractivity contribution in [2.45, 2.75) is 56.4 Å². The highest BCUT2D eigenvalue weighted by molar-refractivity contribution is 7.89. The SMILES string of the molecule is Cc1ccc(S(=O)(=O)NC(C)(C)C)cc1C(=O)NCC1(c2cccc(F)c2)CCOCC1. The van der Waals surface area contributed by atoms with Crippen LogP contribution in [0.25, 0.3) is 0 Å². The standard InChI is InChI=1S/C24H31FN2O4S/c1-17-8-9-20(32(29,30)27-23(2,3)4)15-21(17)22(28)26-16-24(10-12-31-13-11-24)18-6-5-7-19(25)14-18/h5-9,14-15,27H,10-13,16H2,1-4H3,(H,26,28). The quantitative estimate of drug-likeness (QED) is 0.686. The van der Waals surface area contributed by atoms with E-state index < -0.39 is 21.0 Å². The molecule has 1 aliphatic heterocycles. The topological polar surface area (TPSA) is 84.5 Å². The third kappa shape index (κ3) is 5.74. The summed E-state index contributed by atoms with van der Waals surface area (Å²) in [6.45, 7) is 8.38. The van der Waals surface area contributed by atoms with Crippen LogP contribution < -0.4 is 10.0 Å². The second-order valence-electron chi connectivity index (χ2n) is 9.42. The third-order valence-electron chi connectivity index (χ3n) is 5.68. The molecular formula is C24H31FN2O4S. The molecule has 0 radical (unpaired) electrons. The Labute approximate surface area is 189 Å². The van der Waals surface area contributed by atoms with Crippen molar-refractivity contribution in [1.82, 2.24) is 10.0 Å². The average molecular weight is 463 g/mol. The first-order valence-electron chi connectivity index (χ1n) is 10.7. The van der Waals surface area contributed by atoms with Gasteiger partial charge in [0.15, 0.2) is 0 Å². The first kappa shape index (κ1) is 24.4. The maximum atomic E-state index is 13.9. The van der Waals surface area contributed by atoms with Crippen LogP contribution in [0.15, 0.2) is 47.4 Å². The summed E-state index contributed by atoms with van der Waals surface area (Å²) in [4.78, 5) is 13.1. The zero-order valence-corrected chi connectivity index (χ0v) is 19.8. The molecule has 1 aliphatic rings. The molecule has 174 valence electrons. The number of halogens is 1. The number of carbonyl (C=O) groups excluding carboxylic acids is 1. The van der Waals surface area contributed by atoms with Gasteiger partial charge in [0.1, 0.15) is 5.82 Å². The number of sulfonamides is 1. The predicted molar refractivity (Wildman–Crippen MR) is 122 cm³/mol. The van der Waals surface area contributed by atoms with E-state index in [9.17, 15) is 17.6 Å². The number of rotatable bonds is 6.